The Bertz CT molecular complexity index is 1020. The summed E-state index contributed by atoms with van der Waals surface area (Å²) in [5, 5.41) is 9.47. The average Bonchev–Trinajstić information content (AvgIpc) is 3.13. The zero-order chi connectivity index (χ0) is 20.3. The molecule has 0 radical (unpaired) electrons. The summed E-state index contributed by atoms with van der Waals surface area (Å²) in [6.07, 6.45) is 0. The summed E-state index contributed by atoms with van der Waals surface area (Å²) in [5.41, 5.74) is 0.276. The molecule has 0 aliphatic carbocycles. The van der Waals surface area contributed by atoms with Crippen molar-refractivity contribution in [3.05, 3.63) is 46.2 Å². The number of carbonyl (C=O) groups excluding carboxylic acids is 3. The van der Waals surface area contributed by atoms with E-state index in [-0.39, 0.29) is 29.2 Å². The maximum Gasteiger partial charge on any atom is 0.253 e. The molecule has 1 aliphatic rings. The molecule has 1 aromatic heterocycles. The fraction of sp³-hybridized carbons (Fsp3) is 0.235. The van der Waals surface area contributed by atoms with E-state index in [1.54, 1.807) is 0 Å². The maximum atomic E-state index is 12.8. The van der Waals surface area contributed by atoms with E-state index in [0.717, 1.165) is 9.18 Å². The Labute approximate surface area is 165 Å². The zero-order valence-corrected chi connectivity index (χ0v) is 16.5. The lowest BCUT2D eigenvalue weighted by molar-refractivity contribution is -0.121. The molecule has 0 spiro atoms. The van der Waals surface area contributed by atoms with E-state index in [1.807, 2.05) is 17.5 Å². The topological polar surface area (TPSA) is 125 Å². The molecule has 28 heavy (non-hydrogen) atoms. The number of hydrogen-bond acceptors (Lipinski definition) is 6. The van der Waals surface area contributed by atoms with Crippen LogP contribution in [0.2, 0.25) is 0 Å². The molecule has 0 saturated carbocycles. The first kappa shape index (κ1) is 20.0. The van der Waals surface area contributed by atoms with Crippen molar-refractivity contribution in [2.75, 3.05) is 25.5 Å². The van der Waals surface area contributed by atoms with E-state index in [0.29, 0.717) is 6.54 Å². The van der Waals surface area contributed by atoms with Gasteiger partial charge >= 0.3 is 0 Å². The quantitative estimate of drug-likeness (QED) is 0.620. The molecule has 148 valence electrons. The zero-order valence-electron chi connectivity index (χ0n) is 14.9. The Morgan fingerprint density at radius 2 is 2.07 bits per heavy atom. The number of anilines is 1. The maximum absolute atomic E-state index is 12.8. The predicted octanol–water partition coefficient (Wildman–Crippen LogP) is 0.367. The Morgan fingerprint density at radius 3 is 2.79 bits per heavy atom. The van der Waals surface area contributed by atoms with Gasteiger partial charge in [-0.05, 0) is 29.6 Å². The van der Waals surface area contributed by atoms with Crippen molar-refractivity contribution < 1.29 is 22.8 Å². The van der Waals surface area contributed by atoms with Gasteiger partial charge in [-0.25, -0.2) is 8.42 Å². The Balaban J connectivity index is 1.73. The predicted molar refractivity (Wildman–Crippen MR) is 103 cm³/mol. The van der Waals surface area contributed by atoms with E-state index in [2.05, 4.69) is 16.0 Å². The van der Waals surface area contributed by atoms with Crippen LogP contribution in [-0.2, 0) is 26.2 Å². The highest BCUT2D eigenvalue weighted by Gasteiger charge is 2.26. The number of hydrogen-bond donors (Lipinski definition) is 3. The van der Waals surface area contributed by atoms with Gasteiger partial charge in [0.05, 0.1) is 35.8 Å². The van der Waals surface area contributed by atoms with Crippen LogP contribution in [0, 0.1) is 0 Å². The first-order chi connectivity index (χ1) is 13.3. The minimum absolute atomic E-state index is 0.0440. The monoisotopic (exact) mass is 422 g/mol. The van der Waals surface area contributed by atoms with E-state index in [1.165, 1.54) is 36.6 Å². The summed E-state index contributed by atoms with van der Waals surface area (Å²) < 4.78 is 26.5. The van der Waals surface area contributed by atoms with Crippen LogP contribution in [0.5, 0.6) is 0 Å². The van der Waals surface area contributed by atoms with Gasteiger partial charge in [0.2, 0.25) is 21.8 Å². The molecule has 11 heteroatoms. The molecule has 0 saturated heterocycles. The Kier molecular flexibility index (Phi) is 5.77. The Hall–Kier alpha value is -2.76. The van der Waals surface area contributed by atoms with Gasteiger partial charge in [0.1, 0.15) is 0 Å². The summed E-state index contributed by atoms with van der Waals surface area (Å²) in [5.74, 6) is -1.40. The van der Waals surface area contributed by atoms with Crippen LogP contribution < -0.4 is 16.0 Å². The van der Waals surface area contributed by atoms with Gasteiger partial charge in [-0.15, -0.1) is 11.3 Å². The minimum Gasteiger partial charge on any atom is -0.350 e. The number of benzene rings is 1. The van der Waals surface area contributed by atoms with Crippen molar-refractivity contribution in [1.82, 2.24) is 14.9 Å². The van der Waals surface area contributed by atoms with Gasteiger partial charge in [-0.1, -0.05) is 6.07 Å². The fourth-order valence-corrected chi connectivity index (χ4v) is 4.35. The van der Waals surface area contributed by atoms with Gasteiger partial charge < -0.3 is 16.0 Å². The molecule has 2 aromatic rings. The number of rotatable bonds is 6. The lowest BCUT2D eigenvalue weighted by Crippen LogP contribution is -2.38. The number of sulfonamides is 1. The second-order valence-electron chi connectivity index (χ2n) is 6.06. The van der Waals surface area contributed by atoms with Crippen molar-refractivity contribution in [3.8, 4) is 0 Å². The minimum atomic E-state index is -4.01. The van der Waals surface area contributed by atoms with Crippen molar-refractivity contribution in [1.29, 1.82) is 0 Å². The number of nitrogens with zero attached hydrogens (tertiary/aromatic N) is 1. The lowest BCUT2D eigenvalue weighted by Gasteiger charge is -2.17. The van der Waals surface area contributed by atoms with Crippen LogP contribution in [0.25, 0.3) is 0 Å². The third-order valence-corrected chi connectivity index (χ3v) is 6.71. The molecule has 2 heterocycles. The number of nitrogens with one attached hydrogen (secondary N) is 3. The van der Waals surface area contributed by atoms with Crippen molar-refractivity contribution >= 4 is 44.8 Å². The van der Waals surface area contributed by atoms with Crippen molar-refractivity contribution in [2.24, 2.45) is 0 Å². The highest BCUT2D eigenvalue weighted by molar-refractivity contribution is 7.89. The summed E-state index contributed by atoms with van der Waals surface area (Å²) in [6.45, 7) is -0.239. The van der Waals surface area contributed by atoms with Crippen LogP contribution in [-0.4, -0.2) is 50.6 Å². The molecule has 3 amide bonds. The van der Waals surface area contributed by atoms with Gasteiger partial charge in [-0.3, -0.25) is 14.4 Å². The summed E-state index contributed by atoms with van der Waals surface area (Å²) in [6, 6.07) is 7.55. The van der Waals surface area contributed by atoms with Crippen molar-refractivity contribution in [2.45, 2.75) is 11.4 Å². The third-order valence-electron chi connectivity index (χ3n) is 4.03. The standard InChI is InChI=1S/C17H18N4O5S2/c1-21(10-16(23)18-8-11-3-2-6-27-11)28(25,26)12-4-5-14-13(7-12)17(24)19-9-15(22)20-14/h2-7H,8-10H2,1H3,(H,18,23)(H,19,24)(H,20,22). The molecule has 3 N–H and O–H groups in total. The normalized spacial score (nSPS) is 14.1. The number of likely N-dealkylation sites (N-methyl/N-ethyl adjacent to an activating group) is 1. The number of thiophene rings is 1. The highest BCUT2D eigenvalue weighted by atomic mass is 32.2. The lowest BCUT2D eigenvalue weighted by atomic mass is 10.1. The van der Waals surface area contributed by atoms with Gasteiger partial charge in [0, 0.05) is 11.9 Å². The molecule has 0 fully saturated rings. The molecule has 1 aliphatic heterocycles. The summed E-state index contributed by atoms with van der Waals surface area (Å²) >= 11 is 1.49. The van der Waals surface area contributed by atoms with Crippen molar-refractivity contribution in [3.63, 3.8) is 0 Å². The molecule has 3 rings (SSSR count). The van der Waals surface area contributed by atoms with E-state index < -0.39 is 27.7 Å². The highest BCUT2D eigenvalue weighted by Crippen LogP contribution is 2.23. The molecule has 1 aromatic carbocycles. The summed E-state index contributed by atoms with van der Waals surface area (Å²) in [4.78, 5) is 36.5. The number of carbonyl (C=O) groups is 3. The largest absolute Gasteiger partial charge is 0.350 e. The first-order valence-electron chi connectivity index (χ1n) is 8.25. The smallest absolute Gasteiger partial charge is 0.253 e. The molecule has 0 atom stereocenters. The molecule has 9 nitrogen and oxygen atoms in total. The molecular formula is C17H18N4O5S2. The van der Waals surface area contributed by atoms with E-state index in [4.69, 9.17) is 0 Å². The van der Waals surface area contributed by atoms with E-state index >= 15 is 0 Å². The van der Waals surface area contributed by atoms with Crippen LogP contribution in [0.15, 0.2) is 40.6 Å². The van der Waals surface area contributed by atoms with E-state index in [9.17, 15) is 22.8 Å². The SMILES string of the molecule is CN(CC(=O)NCc1cccs1)S(=O)(=O)c1ccc2c(c1)C(=O)NCC(=O)N2. The van der Waals surface area contributed by atoms with Gasteiger partial charge in [0.15, 0.2) is 0 Å². The fourth-order valence-electron chi connectivity index (χ4n) is 2.55. The Morgan fingerprint density at radius 1 is 1.29 bits per heavy atom. The van der Waals surface area contributed by atoms with Crippen LogP contribution in [0.1, 0.15) is 15.2 Å². The van der Waals surface area contributed by atoms with Crippen LogP contribution >= 0.6 is 11.3 Å². The third kappa shape index (κ3) is 4.38. The number of amides is 3. The van der Waals surface area contributed by atoms with Gasteiger partial charge in [-0.2, -0.15) is 4.31 Å². The van der Waals surface area contributed by atoms with Crippen LogP contribution in [0.4, 0.5) is 5.69 Å². The molecule has 0 unspecified atom stereocenters. The molecular weight excluding hydrogens is 404 g/mol. The molecule has 0 bridgehead atoms. The summed E-state index contributed by atoms with van der Waals surface area (Å²) in [7, 11) is -2.72. The first-order valence-corrected chi connectivity index (χ1v) is 10.6. The van der Waals surface area contributed by atoms with Crippen LogP contribution in [0.3, 0.4) is 0 Å². The number of fused-ring (bicyclic) bond motifs is 1. The second kappa shape index (κ2) is 8.09. The second-order valence-corrected chi connectivity index (χ2v) is 9.13. The van der Waals surface area contributed by atoms with Gasteiger partial charge in [0.25, 0.3) is 5.91 Å². The average molecular weight is 422 g/mol.